The fourth-order valence-corrected chi connectivity index (χ4v) is 3.78. The molecule has 1 atom stereocenters. The molecular weight excluding hydrogens is 362 g/mol. The maximum absolute atomic E-state index is 12.8. The summed E-state index contributed by atoms with van der Waals surface area (Å²) in [6.45, 7) is 1.40. The Morgan fingerprint density at radius 3 is 2.78 bits per heavy atom. The average molecular weight is 381 g/mol. The Balaban J connectivity index is 1.49. The van der Waals surface area contributed by atoms with Crippen molar-refractivity contribution in [1.82, 2.24) is 14.7 Å². The van der Waals surface area contributed by atoms with Crippen molar-refractivity contribution in [3.63, 3.8) is 0 Å². The highest BCUT2D eigenvalue weighted by atomic mass is 32.1. The van der Waals surface area contributed by atoms with Crippen LogP contribution in [0.15, 0.2) is 64.8 Å². The van der Waals surface area contributed by atoms with Gasteiger partial charge in [0.05, 0.1) is 18.0 Å². The van der Waals surface area contributed by atoms with Gasteiger partial charge in [-0.15, -0.1) is 11.3 Å². The number of benzene rings is 1. The number of aromatic nitrogens is 2. The minimum Gasteiger partial charge on any atom is -0.370 e. The Hall–Kier alpha value is -2.77. The van der Waals surface area contributed by atoms with E-state index in [1.54, 1.807) is 22.3 Å². The first-order valence-electron chi connectivity index (χ1n) is 8.77. The lowest BCUT2D eigenvalue weighted by molar-refractivity contribution is -0.139. The van der Waals surface area contributed by atoms with Crippen LogP contribution in [-0.4, -0.2) is 40.3 Å². The van der Waals surface area contributed by atoms with E-state index in [-0.39, 0.29) is 24.1 Å². The fourth-order valence-electron chi connectivity index (χ4n) is 3.09. The molecule has 1 aliphatic heterocycles. The van der Waals surface area contributed by atoms with E-state index in [0.29, 0.717) is 25.4 Å². The molecule has 7 heteroatoms. The van der Waals surface area contributed by atoms with Gasteiger partial charge >= 0.3 is 0 Å². The second kappa shape index (κ2) is 7.85. The van der Waals surface area contributed by atoms with Gasteiger partial charge in [-0.1, -0.05) is 36.4 Å². The Bertz CT molecular complexity index is 970. The van der Waals surface area contributed by atoms with Crippen molar-refractivity contribution in [1.29, 1.82) is 0 Å². The van der Waals surface area contributed by atoms with Crippen LogP contribution in [0.1, 0.15) is 11.7 Å². The lowest BCUT2D eigenvalue weighted by Crippen LogP contribution is -2.44. The molecule has 1 aliphatic rings. The van der Waals surface area contributed by atoms with Crippen LogP contribution in [0.3, 0.4) is 0 Å². The Morgan fingerprint density at radius 1 is 1.15 bits per heavy atom. The predicted octanol–water partition coefficient (Wildman–Crippen LogP) is 2.57. The van der Waals surface area contributed by atoms with Crippen molar-refractivity contribution in [2.24, 2.45) is 0 Å². The van der Waals surface area contributed by atoms with E-state index in [0.717, 1.165) is 10.4 Å². The van der Waals surface area contributed by atoms with E-state index in [1.165, 1.54) is 10.7 Å². The summed E-state index contributed by atoms with van der Waals surface area (Å²) in [7, 11) is 0. The Morgan fingerprint density at radius 2 is 2.00 bits per heavy atom. The van der Waals surface area contributed by atoms with Gasteiger partial charge in [0.25, 0.3) is 5.56 Å². The van der Waals surface area contributed by atoms with Crippen LogP contribution in [0.25, 0.3) is 10.6 Å². The molecule has 0 saturated carbocycles. The maximum atomic E-state index is 12.8. The standard InChI is InChI=1S/C20H19N3O3S/c24-19-9-8-16(18-7-4-12-27-18)21-23(19)14-20(25)22-10-11-26-17(13-22)15-5-2-1-3-6-15/h1-9,12,17H,10-11,13-14H2/t17-/m0/s1. The summed E-state index contributed by atoms with van der Waals surface area (Å²) in [5, 5.41) is 6.32. The highest BCUT2D eigenvalue weighted by Gasteiger charge is 2.25. The van der Waals surface area contributed by atoms with Crippen molar-refractivity contribution in [2.45, 2.75) is 12.6 Å². The SMILES string of the molecule is O=C(Cn1nc(-c2cccs2)ccc1=O)N1CCO[C@H](c2ccccc2)C1. The van der Waals surface area contributed by atoms with Crippen molar-refractivity contribution < 1.29 is 9.53 Å². The molecule has 1 fully saturated rings. The van der Waals surface area contributed by atoms with Gasteiger partial charge in [0.2, 0.25) is 5.91 Å². The zero-order valence-electron chi connectivity index (χ0n) is 14.7. The summed E-state index contributed by atoms with van der Waals surface area (Å²) in [6.07, 6.45) is -0.147. The third kappa shape index (κ3) is 3.99. The van der Waals surface area contributed by atoms with Crippen LogP contribution in [0, 0.1) is 0 Å². The molecular formula is C20H19N3O3S. The van der Waals surface area contributed by atoms with Gasteiger partial charge in [-0.25, -0.2) is 4.68 Å². The molecule has 1 amide bonds. The first-order valence-corrected chi connectivity index (χ1v) is 9.65. The van der Waals surface area contributed by atoms with Crippen molar-refractivity contribution >= 4 is 17.2 Å². The van der Waals surface area contributed by atoms with Crippen molar-refractivity contribution in [3.8, 4) is 10.6 Å². The highest BCUT2D eigenvalue weighted by Crippen LogP contribution is 2.23. The van der Waals surface area contributed by atoms with E-state index in [4.69, 9.17) is 4.74 Å². The van der Waals surface area contributed by atoms with Crippen molar-refractivity contribution in [3.05, 3.63) is 75.9 Å². The van der Waals surface area contributed by atoms with Crippen molar-refractivity contribution in [2.75, 3.05) is 19.7 Å². The summed E-state index contributed by atoms with van der Waals surface area (Å²) in [4.78, 5) is 27.6. The smallest absolute Gasteiger partial charge is 0.267 e. The molecule has 1 saturated heterocycles. The minimum atomic E-state index is -0.281. The van der Waals surface area contributed by atoms with Crippen LogP contribution in [-0.2, 0) is 16.1 Å². The van der Waals surface area contributed by atoms with Crippen LogP contribution >= 0.6 is 11.3 Å². The number of hydrogen-bond acceptors (Lipinski definition) is 5. The first kappa shape index (κ1) is 17.6. The number of carbonyl (C=O) groups excluding carboxylic acids is 1. The van der Waals surface area contributed by atoms with E-state index >= 15 is 0 Å². The van der Waals surface area contributed by atoms with E-state index in [1.807, 2.05) is 47.8 Å². The molecule has 0 spiro atoms. The molecule has 138 valence electrons. The Labute approximate surface area is 160 Å². The van der Waals surface area contributed by atoms with Gasteiger partial charge in [0, 0.05) is 12.6 Å². The normalized spacial score (nSPS) is 17.0. The summed E-state index contributed by atoms with van der Waals surface area (Å²) >= 11 is 1.55. The van der Waals surface area contributed by atoms with Gasteiger partial charge in [-0.3, -0.25) is 9.59 Å². The molecule has 1 aromatic carbocycles. The second-order valence-corrected chi connectivity index (χ2v) is 7.25. The molecule has 0 aliphatic carbocycles. The number of morpholine rings is 1. The first-order chi connectivity index (χ1) is 13.2. The van der Waals surface area contributed by atoms with Crippen LogP contribution in [0.2, 0.25) is 0 Å². The van der Waals surface area contributed by atoms with Gasteiger partial charge in [-0.05, 0) is 23.1 Å². The molecule has 4 rings (SSSR count). The van der Waals surface area contributed by atoms with Crippen LogP contribution in [0.5, 0.6) is 0 Å². The van der Waals surface area contributed by atoms with E-state index < -0.39 is 0 Å². The molecule has 2 aromatic heterocycles. The summed E-state index contributed by atoms with van der Waals surface area (Å²) in [6, 6.07) is 16.9. The third-order valence-electron chi connectivity index (χ3n) is 4.52. The van der Waals surface area contributed by atoms with Gasteiger partial charge in [0.1, 0.15) is 18.3 Å². The molecule has 6 nitrogen and oxygen atoms in total. The average Bonchev–Trinajstić information content (AvgIpc) is 3.25. The number of rotatable bonds is 4. The van der Waals surface area contributed by atoms with E-state index in [9.17, 15) is 9.59 Å². The predicted molar refractivity (Wildman–Crippen MR) is 104 cm³/mol. The van der Waals surface area contributed by atoms with Crippen LogP contribution in [0.4, 0.5) is 0 Å². The van der Waals surface area contributed by atoms with Gasteiger partial charge < -0.3 is 9.64 Å². The van der Waals surface area contributed by atoms with E-state index in [2.05, 4.69) is 5.10 Å². The fraction of sp³-hybridized carbons (Fsp3) is 0.250. The largest absolute Gasteiger partial charge is 0.370 e. The lowest BCUT2D eigenvalue weighted by Gasteiger charge is -2.33. The molecule has 0 N–H and O–H groups in total. The molecule has 0 unspecified atom stereocenters. The third-order valence-corrected chi connectivity index (χ3v) is 5.41. The molecule has 0 bridgehead atoms. The minimum absolute atomic E-state index is 0.0699. The summed E-state index contributed by atoms with van der Waals surface area (Å²) < 4.78 is 7.05. The summed E-state index contributed by atoms with van der Waals surface area (Å²) in [5.41, 5.74) is 1.46. The quantitative estimate of drug-likeness (QED) is 0.697. The molecule has 0 radical (unpaired) electrons. The monoisotopic (exact) mass is 381 g/mol. The number of ether oxygens (including phenoxy) is 1. The molecule has 3 heterocycles. The highest BCUT2D eigenvalue weighted by molar-refractivity contribution is 7.13. The second-order valence-electron chi connectivity index (χ2n) is 6.30. The summed E-state index contributed by atoms with van der Waals surface area (Å²) in [5.74, 6) is -0.128. The molecule has 27 heavy (non-hydrogen) atoms. The lowest BCUT2D eigenvalue weighted by atomic mass is 10.1. The zero-order valence-corrected chi connectivity index (χ0v) is 15.5. The number of nitrogens with zero attached hydrogens (tertiary/aromatic N) is 3. The van der Waals surface area contributed by atoms with Crippen LogP contribution < -0.4 is 5.56 Å². The number of amides is 1. The zero-order chi connectivity index (χ0) is 18.6. The van der Waals surface area contributed by atoms with Gasteiger partial charge in [0.15, 0.2) is 0 Å². The topological polar surface area (TPSA) is 64.4 Å². The number of carbonyl (C=O) groups is 1. The molecule has 3 aromatic rings. The van der Waals surface area contributed by atoms with Gasteiger partial charge in [-0.2, -0.15) is 5.10 Å². The number of hydrogen-bond donors (Lipinski definition) is 0. The maximum Gasteiger partial charge on any atom is 0.267 e. The number of thiophene rings is 1. The Kier molecular flexibility index (Phi) is 5.13.